The number of nitrogens with zero attached hydrogens (tertiary/aromatic N) is 1. The monoisotopic (exact) mass is 261 g/mol. The number of hydrogen-bond acceptors (Lipinski definition) is 5. The molecule has 18 heavy (non-hydrogen) atoms. The van der Waals surface area contributed by atoms with E-state index < -0.39 is 46.4 Å². The van der Waals surface area contributed by atoms with E-state index in [-0.39, 0.29) is 6.07 Å². The van der Waals surface area contributed by atoms with Crippen molar-refractivity contribution in [2.75, 3.05) is 0 Å². The predicted octanol–water partition coefficient (Wildman–Crippen LogP) is 1.25. The lowest BCUT2D eigenvalue weighted by atomic mass is 10.3. The zero-order valence-corrected chi connectivity index (χ0v) is 8.55. The summed E-state index contributed by atoms with van der Waals surface area (Å²) in [7, 11) is 0. The summed E-state index contributed by atoms with van der Waals surface area (Å²) in [5.41, 5.74) is -1.12. The van der Waals surface area contributed by atoms with Crippen molar-refractivity contribution in [3.63, 3.8) is 0 Å². The summed E-state index contributed by atoms with van der Waals surface area (Å²) in [4.78, 5) is 30.1. The fourth-order valence-corrected chi connectivity index (χ4v) is 1.02. The maximum Gasteiger partial charge on any atom is 0.322 e. The van der Waals surface area contributed by atoms with Gasteiger partial charge in [0.05, 0.1) is 11.0 Å². The molecule has 0 aliphatic carbocycles. The van der Waals surface area contributed by atoms with E-state index in [0.717, 1.165) is 0 Å². The van der Waals surface area contributed by atoms with Gasteiger partial charge in [0.1, 0.15) is 6.42 Å². The van der Waals surface area contributed by atoms with Gasteiger partial charge in [-0.3, -0.25) is 19.7 Å². The Kier molecular flexibility index (Phi) is 3.87. The molecule has 96 valence electrons. The summed E-state index contributed by atoms with van der Waals surface area (Å²) < 4.78 is 30.5. The lowest BCUT2D eigenvalue weighted by Gasteiger charge is -2.04. The van der Waals surface area contributed by atoms with Crippen LogP contribution >= 0.6 is 0 Å². The summed E-state index contributed by atoms with van der Waals surface area (Å²) in [6.45, 7) is 0. The predicted molar refractivity (Wildman–Crippen MR) is 50.9 cm³/mol. The smallest absolute Gasteiger partial charge is 0.322 e. The average Bonchev–Trinajstić information content (AvgIpc) is 2.21. The molecule has 1 aromatic rings. The van der Waals surface area contributed by atoms with Gasteiger partial charge in [-0.2, -0.15) is 4.39 Å². The van der Waals surface area contributed by atoms with Crippen LogP contribution in [-0.2, 0) is 9.59 Å². The van der Waals surface area contributed by atoms with Gasteiger partial charge in [-0.1, -0.05) is 0 Å². The van der Waals surface area contributed by atoms with Gasteiger partial charge in [0.25, 0.3) is 0 Å². The SMILES string of the molecule is O=C(O)CC(=O)Oc1cc(F)c([N+](=O)[O-])cc1F. The standard InChI is InChI=1S/C9H5F2NO6/c10-4-2-7(18-9(15)3-8(13)14)5(11)1-6(4)12(16)17/h1-2H,3H2,(H,13,14). The molecule has 0 aliphatic rings. The van der Waals surface area contributed by atoms with Crippen LogP contribution in [0.25, 0.3) is 0 Å². The highest BCUT2D eigenvalue weighted by Gasteiger charge is 2.21. The Morgan fingerprint density at radius 3 is 2.44 bits per heavy atom. The molecule has 0 radical (unpaired) electrons. The number of hydrogen-bond donors (Lipinski definition) is 1. The molecule has 9 heteroatoms. The topological polar surface area (TPSA) is 107 Å². The van der Waals surface area contributed by atoms with Crippen LogP contribution in [0.4, 0.5) is 14.5 Å². The second-order valence-electron chi connectivity index (χ2n) is 3.04. The minimum absolute atomic E-state index is 0.235. The molecule has 1 aromatic carbocycles. The number of rotatable bonds is 4. The molecule has 1 N–H and O–H groups in total. The lowest BCUT2D eigenvalue weighted by molar-refractivity contribution is -0.387. The van der Waals surface area contributed by atoms with Crippen LogP contribution in [0.5, 0.6) is 5.75 Å². The van der Waals surface area contributed by atoms with E-state index in [4.69, 9.17) is 5.11 Å². The molecule has 0 fully saturated rings. The molecule has 0 saturated heterocycles. The number of benzene rings is 1. The Hall–Kier alpha value is -2.58. The van der Waals surface area contributed by atoms with E-state index in [0.29, 0.717) is 6.07 Å². The van der Waals surface area contributed by atoms with E-state index in [9.17, 15) is 28.5 Å². The van der Waals surface area contributed by atoms with E-state index in [2.05, 4.69) is 4.74 Å². The molecule has 0 aliphatic heterocycles. The molecular formula is C9H5F2NO6. The molecular weight excluding hydrogens is 256 g/mol. The number of carbonyl (C=O) groups excluding carboxylic acids is 1. The number of esters is 1. The van der Waals surface area contributed by atoms with E-state index in [1.165, 1.54) is 0 Å². The van der Waals surface area contributed by atoms with Gasteiger partial charge in [0.15, 0.2) is 11.6 Å². The zero-order chi connectivity index (χ0) is 13.9. The molecule has 0 heterocycles. The first kappa shape index (κ1) is 13.5. The third kappa shape index (κ3) is 3.20. The third-order valence-electron chi connectivity index (χ3n) is 1.72. The number of carboxylic acids is 1. The van der Waals surface area contributed by atoms with Gasteiger partial charge in [0, 0.05) is 6.07 Å². The highest BCUT2D eigenvalue weighted by Crippen LogP contribution is 2.26. The fraction of sp³-hybridized carbons (Fsp3) is 0.111. The van der Waals surface area contributed by atoms with Crippen molar-refractivity contribution < 1.29 is 33.1 Å². The first-order valence-electron chi connectivity index (χ1n) is 4.37. The maximum atomic E-state index is 13.2. The normalized spacial score (nSPS) is 9.89. The average molecular weight is 261 g/mol. The highest BCUT2D eigenvalue weighted by atomic mass is 19.1. The third-order valence-corrected chi connectivity index (χ3v) is 1.72. The van der Waals surface area contributed by atoms with Gasteiger partial charge in [-0.25, -0.2) is 4.39 Å². The molecule has 0 amide bonds. The number of halogens is 2. The molecule has 0 atom stereocenters. The number of ether oxygens (including phenoxy) is 1. The Morgan fingerprint density at radius 2 is 1.94 bits per heavy atom. The summed E-state index contributed by atoms with van der Waals surface area (Å²) in [5.74, 6) is -6.50. The van der Waals surface area contributed by atoms with Gasteiger partial charge in [0.2, 0.25) is 5.82 Å². The number of carbonyl (C=O) groups is 2. The van der Waals surface area contributed by atoms with E-state index in [1.807, 2.05) is 0 Å². The van der Waals surface area contributed by atoms with Crippen molar-refractivity contribution in [1.82, 2.24) is 0 Å². The molecule has 0 aromatic heterocycles. The number of nitro benzene ring substituents is 1. The van der Waals surface area contributed by atoms with Crippen LogP contribution in [0.3, 0.4) is 0 Å². The molecule has 0 unspecified atom stereocenters. The molecule has 7 nitrogen and oxygen atoms in total. The van der Waals surface area contributed by atoms with Crippen molar-refractivity contribution >= 4 is 17.6 Å². The van der Waals surface area contributed by atoms with Gasteiger partial charge in [-0.05, 0) is 0 Å². The maximum absolute atomic E-state index is 13.2. The van der Waals surface area contributed by atoms with Crippen molar-refractivity contribution in [2.24, 2.45) is 0 Å². The summed E-state index contributed by atoms with van der Waals surface area (Å²) in [5, 5.41) is 18.5. The van der Waals surface area contributed by atoms with Gasteiger partial charge < -0.3 is 9.84 Å². The van der Waals surface area contributed by atoms with Crippen molar-refractivity contribution in [2.45, 2.75) is 6.42 Å². The van der Waals surface area contributed by atoms with Crippen LogP contribution in [-0.4, -0.2) is 22.0 Å². The minimum Gasteiger partial charge on any atom is -0.481 e. The Bertz CT molecular complexity index is 530. The second-order valence-corrected chi connectivity index (χ2v) is 3.04. The number of aliphatic carboxylic acids is 1. The second kappa shape index (κ2) is 5.17. The Balaban J connectivity index is 2.98. The summed E-state index contributed by atoms with van der Waals surface area (Å²) in [6.07, 6.45) is -1.04. The number of nitro groups is 1. The van der Waals surface area contributed by atoms with Crippen LogP contribution in [0, 0.1) is 21.7 Å². The number of carboxylic acid groups (broad SMARTS) is 1. The zero-order valence-electron chi connectivity index (χ0n) is 8.55. The first-order valence-corrected chi connectivity index (χ1v) is 4.37. The minimum atomic E-state index is -1.51. The van der Waals surface area contributed by atoms with Crippen LogP contribution in [0.15, 0.2) is 12.1 Å². The van der Waals surface area contributed by atoms with Crippen LogP contribution < -0.4 is 4.74 Å². The van der Waals surface area contributed by atoms with Crippen molar-refractivity contribution in [3.8, 4) is 5.75 Å². The summed E-state index contributed by atoms with van der Waals surface area (Å²) >= 11 is 0. The molecule has 0 saturated carbocycles. The largest absolute Gasteiger partial charge is 0.481 e. The van der Waals surface area contributed by atoms with Crippen molar-refractivity contribution in [3.05, 3.63) is 33.9 Å². The Morgan fingerprint density at radius 1 is 1.33 bits per heavy atom. The van der Waals surface area contributed by atoms with Crippen LogP contribution in [0.1, 0.15) is 6.42 Å². The molecule has 0 spiro atoms. The lowest BCUT2D eigenvalue weighted by Crippen LogP contribution is -2.14. The van der Waals surface area contributed by atoms with Crippen LogP contribution in [0.2, 0.25) is 0 Å². The van der Waals surface area contributed by atoms with Gasteiger partial charge >= 0.3 is 17.6 Å². The van der Waals surface area contributed by atoms with E-state index >= 15 is 0 Å². The summed E-state index contributed by atoms with van der Waals surface area (Å²) in [6, 6.07) is 0.534. The van der Waals surface area contributed by atoms with Crippen molar-refractivity contribution in [1.29, 1.82) is 0 Å². The van der Waals surface area contributed by atoms with Gasteiger partial charge in [-0.15, -0.1) is 0 Å². The molecule has 0 bridgehead atoms. The highest BCUT2D eigenvalue weighted by molar-refractivity contribution is 5.91. The Labute approximate surface area is 97.7 Å². The quantitative estimate of drug-likeness (QED) is 0.287. The first-order chi connectivity index (χ1) is 8.31. The fourth-order valence-electron chi connectivity index (χ4n) is 1.02. The molecule has 1 rings (SSSR count). The van der Waals surface area contributed by atoms with E-state index in [1.54, 1.807) is 0 Å².